The molecule has 0 spiro atoms. The molecular formula is C31H24F3NO3S. The van der Waals surface area contributed by atoms with Crippen molar-refractivity contribution < 1.29 is 23.1 Å². The molecule has 0 radical (unpaired) electrons. The van der Waals surface area contributed by atoms with Crippen molar-refractivity contribution in [2.45, 2.75) is 59.5 Å². The van der Waals surface area contributed by atoms with E-state index in [2.05, 4.69) is 24.3 Å². The fraction of sp³-hybridized carbons (Fsp3) is 0.290. The van der Waals surface area contributed by atoms with Crippen LogP contribution >= 0.6 is 11.8 Å². The Morgan fingerprint density at radius 2 is 1.74 bits per heavy atom. The Morgan fingerprint density at radius 3 is 2.49 bits per heavy atom. The quantitative estimate of drug-likeness (QED) is 0.294. The third-order valence-electron chi connectivity index (χ3n) is 8.56. The smallest absolute Gasteiger partial charge is 0.416 e. The normalized spacial score (nSPS) is 23.8. The predicted molar refractivity (Wildman–Crippen MR) is 143 cm³/mol. The molecule has 2 heterocycles. The molecule has 1 aromatic heterocycles. The van der Waals surface area contributed by atoms with Gasteiger partial charge in [-0.15, -0.1) is 11.8 Å². The van der Waals surface area contributed by atoms with Crippen LogP contribution in [0.2, 0.25) is 0 Å². The Morgan fingerprint density at radius 1 is 1.00 bits per heavy atom. The van der Waals surface area contributed by atoms with Crippen LogP contribution in [-0.2, 0) is 22.9 Å². The first-order valence-corrected chi connectivity index (χ1v) is 13.9. The Hall–Kier alpha value is -3.52. The van der Waals surface area contributed by atoms with Crippen LogP contribution in [0.25, 0.3) is 10.8 Å². The van der Waals surface area contributed by atoms with Crippen LogP contribution < -0.4 is 5.56 Å². The van der Waals surface area contributed by atoms with Gasteiger partial charge >= 0.3 is 12.1 Å². The van der Waals surface area contributed by atoms with Crippen LogP contribution in [0.1, 0.15) is 58.9 Å². The minimum absolute atomic E-state index is 0.0843. The number of carboxylic acid groups (broad SMARTS) is 1. The molecule has 1 aliphatic heterocycles. The number of fused-ring (bicyclic) bond motifs is 4. The van der Waals surface area contributed by atoms with Crippen LogP contribution in [-0.4, -0.2) is 20.9 Å². The molecule has 2 aliphatic carbocycles. The molecule has 7 rings (SSSR count). The Balaban J connectivity index is 1.33. The molecule has 4 nitrogen and oxygen atoms in total. The second-order valence-corrected chi connectivity index (χ2v) is 12.0. The van der Waals surface area contributed by atoms with Gasteiger partial charge in [-0.1, -0.05) is 60.7 Å². The monoisotopic (exact) mass is 547 g/mol. The first kappa shape index (κ1) is 24.5. The fourth-order valence-electron chi connectivity index (χ4n) is 6.54. The number of thioether (sulfide) groups is 1. The predicted octanol–water partition coefficient (Wildman–Crippen LogP) is 6.93. The molecule has 2 saturated carbocycles. The number of benzene rings is 3. The number of pyridine rings is 1. The van der Waals surface area contributed by atoms with Gasteiger partial charge in [0.25, 0.3) is 5.56 Å². The molecule has 2 fully saturated rings. The van der Waals surface area contributed by atoms with Gasteiger partial charge in [0.2, 0.25) is 0 Å². The second-order valence-electron chi connectivity index (χ2n) is 10.9. The van der Waals surface area contributed by atoms with E-state index in [9.17, 15) is 27.9 Å². The van der Waals surface area contributed by atoms with E-state index in [1.165, 1.54) is 22.4 Å². The Kier molecular flexibility index (Phi) is 5.34. The molecule has 3 aliphatic rings. The van der Waals surface area contributed by atoms with E-state index in [1.807, 2.05) is 18.2 Å². The zero-order valence-electron chi connectivity index (χ0n) is 20.7. The number of alkyl halides is 3. The number of carboxylic acids is 1. The lowest BCUT2D eigenvalue weighted by Crippen LogP contribution is -2.61. The SMILES string of the molecule is O=C(O)C12C[C@H](c3cccc(C(F)(F)F)c3)C1Sc1c(C3CC3)c(Cc3cccc4ccccc34)cc(=O)n12. The maximum Gasteiger partial charge on any atom is 0.416 e. The van der Waals surface area contributed by atoms with Gasteiger partial charge in [0.15, 0.2) is 5.54 Å². The van der Waals surface area contributed by atoms with Gasteiger partial charge < -0.3 is 5.11 Å². The number of nitrogens with zero attached hydrogens (tertiary/aromatic N) is 1. The fourth-order valence-corrected chi connectivity index (χ4v) is 8.48. The number of hydrogen-bond donors (Lipinski definition) is 1. The van der Waals surface area contributed by atoms with E-state index < -0.39 is 34.4 Å². The van der Waals surface area contributed by atoms with Crippen LogP contribution in [0.4, 0.5) is 13.2 Å². The largest absolute Gasteiger partial charge is 0.479 e. The van der Waals surface area contributed by atoms with Crippen molar-refractivity contribution >= 4 is 28.5 Å². The molecule has 8 heteroatoms. The second kappa shape index (κ2) is 8.49. The van der Waals surface area contributed by atoms with Crippen molar-refractivity contribution in [3.8, 4) is 0 Å². The molecule has 39 heavy (non-hydrogen) atoms. The molecule has 2 unspecified atom stereocenters. The lowest BCUT2D eigenvalue weighted by molar-refractivity contribution is -0.153. The van der Waals surface area contributed by atoms with E-state index in [-0.39, 0.29) is 17.9 Å². The van der Waals surface area contributed by atoms with Crippen molar-refractivity contribution in [1.82, 2.24) is 4.57 Å². The van der Waals surface area contributed by atoms with Crippen molar-refractivity contribution in [3.63, 3.8) is 0 Å². The summed E-state index contributed by atoms with van der Waals surface area (Å²) >= 11 is 1.37. The number of aromatic nitrogens is 1. The van der Waals surface area contributed by atoms with Gasteiger partial charge in [-0.3, -0.25) is 9.36 Å². The summed E-state index contributed by atoms with van der Waals surface area (Å²) in [7, 11) is 0. The maximum absolute atomic E-state index is 13.6. The van der Waals surface area contributed by atoms with Gasteiger partial charge in [-0.05, 0) is 70.7 Å². The Bertz CT molecular complexity index is 1720. The summed E-state index contributed by atoms with van der Waals surface area (Å²) in [5.41, 5.74) is 0.938. The third kappa shape index (κ3) is 3.68. The molecular weight excluding hydrogens is 523 g/mol. The summed E-state index contributed by atoms with van der Waals surface area (Å²) in [5, 5.41) is 12.8. The highest BCUT2D eigenvalue weighted by atomic mass is 32.2. The minimum atomic E-state index is -4.48. The molecule has 3 atom stereocenters. The first-order valence-electron chi connectivity index (χ1n) is 13.0. The minimum Gasteiger partial charge on any atom is -0.479 e. The number of carbonyl (C=O) groups is 1. The molecule has 4 aromatic rings. The highest BCUT2D eigenvalue weighted by Crippen LogP contribution is 2.64. The zero-order chi connectivity index (χ0) is 27.1. The number of aliphatic carboxylic acids is 1. The highest BCUT2D eigenvalue weighted by molar-refractivity contribution is 8.00. The van der Waals surface area contributed by atoms with Crippen molar-refractivity contribution in [1.29, 1.82) is 0 Å². The molecule has 3 aromatic carbocycles. The van der Waals surface area contributed by atoms with Gasteiger partial charge in [0, 0.05) is 12.0 Å². The van der Waals surface area contributed by atoms with E-state index >= 15 is 0 Å². The summed E-state index contributed by atoms with van der Waals surface area (Å²) in [6.45, 7) is 0. The lowest BCUT2D eigenvalue weighted by atomic mass is 9.64. The summed E-state index contributed by atoms with van der Waals surface area (Å²) in [5.74, 6) is -1.26. The summed E-state index contributed by atoms with van der Waals surface area (Å²) < 4.78 is 41.7. The molecule has 0 saturated heterocycles. The first-order chi connectivity index (χ1) is 18.7. The van der Waals surface area contributed by atoms with Gasteiger partial charge in [-0.25, -0.2) is 4.79 Å². The molecule has 198 valence electrons. The maximum atomic E-state index is 13.6. The molecule has 0 amide bonds. The van der Waals surface area contributed by atoms with E-state index in [0.29, 0.717) is 17.0 Å². The van der Waals surface area contributed by atoms with E-state index in [4.69, 9.17) is 0 Å². The summed E-state index contributed by atoms with van der Waals surface area (Å²) in [6.07, 6.45) is -1.91. The van der Waals surface area contributed by atoms with Gasteiger partial charge in [0.1, 0.15) is 0 Å². The summed E-state index contributed by atoms with van der Waals surface area (Å²) in [4.78, 5) is 26.4. The van der Waals surface area contributed by atoms with Crippen LogP contribution in [0.5, 0.6) is 0 Å². The van der Waals surface area contributed by atoms with Crippen LogP contribution in [0, 0.1) is 0 Å². The van der Waals surface area contributed by atoms with Crippen molar-refractivity contribution in [2.24, 2.45) is 0 Å². The highest BCUT2D eigenvalue weighted by Gasteiger charge is 2.66. The van der Waals surface area contributed by atoms with Crippen molar-refractivity contribution in [3.05, 3.63) is 111 Å². The lowest BCUT2D eigenvalue weighted by Gasteiger charge is -2.48. The summed E-state index contributed by atoms with van der Waals surface area (Å²) in [6, 6.07) is 21.0. The van der Waals surface area contributed by atoms with Gasteiger partial charge in [0.05, 0.1) is 15.8 Å². The van der Waals surface area contributed by atoms with Crippen LogP contribution in [0.15, 0.2) is 82.6 Å². The standard InChI is InChI=1S/C31H24F3NO3S/c32-31(33,34)22-9-4-8-20(14-22)24-16-30(29(37)38)27(24)39-28-26(18-11-12-18)21(15-25(36)35(28)30)13-19-7-3-6-17-5-1-2-10-23(17)19/h1-10,14-15,18,24,27H,11-13,16H2,(H,37,38)/t24-,27?,30?/m1/s1. The molecule has 1 N–H and O–H groups in total. The van der Waals surface area contributed by atoms with E-state index in [1.54, 1.807) is 12.1 Å². The van der Waals surface area contributed by atoms with E-state index in [0.717, 1.165) is 52.4 Å². The third-order valence-corrected chi connectivity index (χ3v) is 10.2. The van der Waals surface area contributed by atoms with Gasteiger partial charge in [-0.2, -0.15) is 13.2 Å². The number of hydrogen-bond acceptors (Lipinski definition) is 3. The Labute approximate surface area is 226 Å². The molecule has 0 bridgehead atoms. The van der Waals surface area contributed by atoms with Crippen LogP contribution in [0.3, 0.4) is 0 Å². The number of rotatable bonds is 5. The average Bonchev–Trinajstić information content (AvgIpc) is 3.69. The topological polar surface area (TPSA) is 59.3 Å². The van der Waals surface area contributed by atoms with Crippen molar-refractivity contribution in [2.75, 3.05) is 0 Å². The zero-order valence-corrected chi connectivity index (χ0v) is 21.6. The number of halogens is 3. The average molecular weight is 548 g/mol.